The first kappa shape index (κ1) is 14.2. The Hall–Kier alpha value is -2.17. The van der Waals surface area contributed by atoms with Crippen molar-refractivity contribution in [2.24, 2.45) is 7.05 Å². The molecule has 0 spiro atoms. The van der Waals surface area contributed by atoms with Crippen molar-refractivity contribution in [3.8, 4) is 0 Å². The summed E-state index contributed by atoms with van der Waals surface area (Å²) >= 11 is 0. The number of nitrogens with zero attached hydrogens (tertiary/aromatic N) is 2. The van der Waals surface area contributed by atoms with Crippen LogP contribution in [0.25, 0.3) is 0 Å². The summed E-state index contributed by atoms with van der Waals surface area (Å²) in [6.07, 6.45) is 0. The van der Waals surface area contributed by atoms with E-state index in [1.54, 1.807) is 30.8 Å². The third-order valence-electron chi connectivity index (χ3n) is 3.43. The van der Waals surface area contributed by atoms with Gasteiger partial charge in [-0.1, -0.05) is 12.1 Å². The van der Waals surface area contributed by atoms with Gasteiger partial charge < -0.3 is 5.32 Å². The van der Waals surface area contributed by atoms with Gasteiger partial charge in [0.25, 0.3) is 5.91 Å². The first-order chi connectivity index (χ1) is 9.40. The normalized spacial score (nSPS) is 12.2. The zero-order valence-electron chi connectivity index (χ0n) is 12.1. The second-order valence-corrected chi connectivity index (χ2v) is 4.92. The van der Waals surface area contributed by atoms with Crippen molar-refractivity contribution in [1.82, 2.24) is 15.1 Å². The first-order valence-electron chi connectivity index (χ1n) is 6.46. The van der Waals surface area contributed by atoms with Gasteiger partial charge in [0, 0.05) is 12.7 Å². The van der Waals surface area contributed by atoms with E-state index in [-0.39, 0.29) is 17.8 Å². The molecule has 4 nitrogen and oxygen atoms in total. The molecule has 0 aliphatic carbocycles. The molecular weight excluding hydrogens is 257 g/mol. The summed E-state index contributed by atoms with van der Waals surface area (Å²) in [6, 6.07) is 5.96. The van der Waals surface area contributed by atoms with E-state index in [0.717, 1.165) is 11.3 Å². The van der Waals surface area contributed by atoms with E-state index < -0.39 is 0 Å². The number of hydrogen-bond donors (Lipinski definition) is 1. The highest BCUT2D eigenvalue weighted by Crippen LogP contribution is 2.17. The van der Waals surface area contributed by atoms with Crippen molar-refractivity contribution in [2.75, 3.05) is 0 Å². The highest BCUT2D eigenvalue weighted by atomic mass is 19.1. The molecule has 1 aromatic carbocycles. The standard InChI is InChI=1S/C15H18FN3O/c1-9(12-6-5-7-13(16)8-12)17-15(20)14-10(2)18-19(4)11(14)3/h5-9H,1-4H3,(H,17,20)/t9-/m1/s1. The zero-order chi connectivity index (χ0) is 14.9. The summed E-state index contributed by atoms with van der Waals surface area (Å²) in [5.74, 6) is -0.498. The van der Waals surface area contributed by atoms with Crippen LogP contribution in [0.4, 0.5) is 4.39 Å². The van der Waals surface area contributed by atoms with Crippen LogP contribution in [0.2, 0.25) is 0 Å². The van der Waals surface area contributed by atoms with E-state index in [9.17, 15) is 9.18 Å². The van der Waals surface area contributed by atoms with Crippen LogP contribution in [-0.2, 0) is 7.05 Å². The van der Waals surface area contributed by atoms with Crippen LogP contribution in [0, 0.1) is 19.7 Å². The topological polar surface area (TPSA) is 46.9 Å². The molecule has 0 fully saturated rings. The number of aryl methyl sites for hydroxylation is 2. The van der Waals surface area contributed by atoms with Gasteiger partial charge in [0.15, 0.2) is 0 Å². The monoisotopic (exact) mass is 275 g/mol. The maximum absolute atomic E-state index is 13.2. The number of amides is 1. The Bertz CT molecular complexity index is 649. The minimum absolute atomic E-state index is 0.190. The summed E-state index contributed by atoms with van der Waals surface area (Å²) < 4.78 is 14.9. The molecule has 2 aromatic rings. The quantitative estimate of drug-likeness (QED) is 0.936. The number of carbonyl (C=O) groups excluding carboxylic acids is 1. The molecule has 0 radical (unpaired) electrons. The van der Waals surface area contributed by atoms with E-state index in [1.165, 1.54) is 12.1 Å². The van der Waals surface area contributed by atoms with Gasteiger partial charge in [-0.2, -0.15) is 5.10 Å². The number of hydrogen-bond acceptors (Lipinski definition) is 2. The predicted molar refractivity (Wildman–Crippen MR) is 75.0 cm³/mol. The predicted octanol–water partition coefficient (Wildman–Crippen LogP) is 2.67. The fourth-order valence-electron chi connectivity index (χ4n) is 2.23. The summed E-state index contributed by atoms with van der Waals surface area (Å²) in [6.45, 7) is 5.48. The van der Waals surface area contributed by atoms with Gasteiger partial charge in [0.1, 0.15) is 5.82 Å². The van der Waals surface area contributed by atoms with Gasteiger partial charge in [-0.25, -0.2) is 4.39 Å². The lowest BCUT2D eigenvalue weighted by atomic mass is 10.1. The van der Waals surface area contributed by atoms with E-state index in [4.69, 9.17) is 0 Å². The van der Waals surface area contributed by atoms with Crippen LogP contribution in [0.5, 0.6) is 0 Å². The number of aromatic nitrogens is 2. The van der Waals surface area contributed by atoms with Crippen LogP contribution in [0.3, 0.4) is 0 Å². The molecule has 1 atom stereocenters. The molecule has 5 heteroatoms. The maximum atomic E-state index is 13.2. The average molecular weight is 275 g/mol. The number of nitrogens with one attached hydrogen (secondary N) is 1. The van der Waals surface area contributed by atoms with Crippen molar-refractivity contribution >= 4 is 5.91 Å². The molecule has 0 saturated heterocycles. The molecule has 106 valence electrons. The minimum Gasteiger partial charge on any atom is -0.345 e. The van der Waals surface area contributed by atoms with E-state index in [0.29, 0.717) is 11.3 Å². The van der Waals surface area contributed by atoms with E-state index in [1.807, 2.05) is 13.8 Å². The van der Waals surface area contributed by atoms with Crippen molar-refractivity contribution in [2.45, 2.75) is 26.8 Å². The van der Waals surface area contributed by atoms with Gasteiger partial charge in [-0.15, -0.1) is 0 Å². The largest absolute Gasteiger partial charge is 0.345 e. The highest BCUT2D eigenvalue weighted by molar-refractivity contribution is 5.96. The second kappa shape index (κ2) is 5.45. The Morgan fingerprint density at radius 3 is 2.65 bits per heavy atom. The minimum atomic E-state index is -0.308. The van der Waals surface area contributed by atoms with Gasteiger partial charge in [-0.3, -0.25) is 9.48 Å². The van der Waals surface area contributed by atoms with Crippen LogP contribution >= 0.6 is 0 Å². The molecule has 0 aliphatic rings. The van der Waals surface area contributed by atoms with Gasteiger partial charge in [0.2, 0.25) is 0 Å². The lowest BCUT2D eigenvalue weighted by Crippen LogP contribution is -2.27. The molecule has 1 N–H and O–H groups in total. The summed E-state index contributed by atoms with van der Waals surface area (Å²) in [4.78, 5) is 12.3. The number of rotatable bonds is 3. The van der Waals surface area contributed by atoms with E-state index in [2.05, 4.69) is 10.4 Å². The number of halogens is 1. The van der Waals surface area contributed by atoms with Crippen LogP contribution in [0.1, 0.15) is 40.3 Å². The van der Waals surface area contributed by atoms with Crippen LogP contribution < -0.4 is 5.32 Å². The van der Waals surface area contributed by atoms with Crippen molar-refractivity contribution in [3.05, 3.63) is 52.6 Å². The third-order valence-corrected chi connectivity index (χ3v) is 3.43. The third kappa shape index (κ3) is 2.71. The number of benzene rings is 1. The summed E-state index contributed by atoms with van der Waals surface area (Å²) in [5, 5.41) is 7.10. The van der Waals surface area contributed by atoms with Gasteiger partial charge in [0.05, 0.1) is 17.3 Å². The van der Waals surface area contributed by atoms with Crippen molar-refractivity contribution in [3.63, 3.8) is 0 Å². The Balaban J connectivity index is 2.19. The van der Waals surface area contributed by atoms with Crippen molar-refractivity contribution in [1.29, 1.82) is 0 Å². The Labute approximate surface area is 117 Å². The Kier molecular flexibility index (Phi) is 3.88. The summed E-state index contributed by atoms with van der Waals surface area (Å²) in [5.41, 5.74) is 2.81. The molecule has 2 rings (SSSR count). The maximum Gasteiger partial charge on any atom is 0.255 e. The fourth-order valence-corrected chi connectivity index (χ4v) is 2.23. The van der Waals surface area contributed by atoms with Crippen LogP contribution in [-0.4, -0.2) is 15.7 Å². The molecule has 0 unspecified atom stereocenters. The molecule has 0 saturated carbocycles. The average Bonchev–Trinajstić information content (AvgIpc) is 2.63. The van der Waals surface area contributed by atoms with Crippen LogP contribution in [0.15, 0.2) is 24.3 Å². The first-order valence-corrected chi connectivity index (χ1v) is 6.46. The smallest absolute Gasteiger partial charge is 0.255 e. The molecule has 1 heterocycles. The molecule has 0 aliphatic heterocycles. The summed E-state index contributed by atoms with van der Waals surface area (Å²) in [7, 11) is 1.80. The SMILES string of the molecule is Cc1nn(C)c(C)c1C(=O)N[C@H](C)c1cccc(F)c1. The van der Waals surface area contributed by atoms with Gasteiger partial charge in [-0.05, 0) is 38.5 Å². The lowest BCUT2D eigenvalue weighted by Gasteiger charge is -2.14. The second-order valence-electron chi connectivity index (χ2n) is 4.92. The molecular formula is C15H18FN3O. The number of carbonyl (C=O) groups is 1. The Morgan fingerprint density at radius 2 is 2.10 bits per heavy atom. The van der Waals surface area contributed by atoms with Crippen molar-refractivity contribution < 1.29 is 9.18 Å². The molecule has 1 aromatic heterocycles. The van der Waals surface area contributed by atoms with Gasteiger partial charge >= 0.3 is 0 Å². The Morgan fingerprint density at radius 1 is 1.40 bits per heavy atom. The zero-order valence-corrected chi connectivity index (χ0v) is 12.1. The fraction of sp³-hybridized carbons (Fsp3) is 0.333. The molecule has 0 bridgehead atoms. The molecule has 1 amide bonds. The highest BCUT2D eigenvalue weighted by Gasteiger charge is 2.19. The molecule has 20 heavy (non-hydrogen) atoms. The van der Waals surface area contributed by atoms with E-state index >= 15 is 0 Å². The lowest BCUT2D eigenvalue weighted by molar-refractivity contribution is 0.0938.